The van der Waals surface area contributed by atoms with Crippen molar-refractivity contribution in [1.29, 1.82) is 0 Å². The number of halogens is 1. The number of rotatable bonds is 3. The number of nitrogens with zero attached hydrogens (tertiary/aromatic N) is 2. The maximum Gasteiger partial charge on any atom is 0.210 e. The average Bonchev–Trinajstić information content (AvgIpc) is 3.24. The molecule has 2 heterocycles. The van der Waals surface area contributed by atoms with Crippen LogP contribution in [0.5, 0.6) is 0 Å². The molecule has 1 amide bonds. The molecule has 1 fully saturated rings. The van der Waals surface area contributed by atoms with E-state index in [2.05, 4.69) is 0 Å². The summed E-state index contributed by atoms with van der Waals surface area (Å²) in [5, 5.41) is 4.42. The second kappa shape index (κ2) is 5.74. The van der Waals surface area contributed by atoms with E-state index in [1.54, 1.807) is 23.5 Å². The van der Waals surface area contributed by atoms with E-state index in [1.165, 1.54) is 6.07 Å². The van der Waals surface area contributed by atoms with Crippen LogP contribution in [0.1, 0.15) is 23.9 Å². The molecule has 1 atom stereocenters. The third-order valence-corrected chi connectivity index (χ3v) is 5.33. The van der Waals surface area contributed by atoms with E-state index in [9.17, 15) is 9.18 Å². The van der Waals surface area contributed by atoms with Gasteiger partial charge in [-0.2, -0.15) is 0 Å². The minimum absolute atomic E-state index is 0.0814. The second-order valence-electron chi connectivity index (χ2n) is 5.71. The van der Waals surface area contributed by atoms with E-state index in [1.807, 2.05) is 28.5 Å². The first-order valence-corrected chi connectivity index (χ1v) is 8.50. The van der Waals surface area contributed by atoms with Crippen LogP contribution in [0.2, 0.25) is 0 Å². The highest BCUT2D eigenvalue weighted by Crippen LogP contribution is 2.36. The number of amides is 1. The Balaban J connectivity index is 1.78. The van der Waals surface area contributed by atoms with Crippen molar-refractivity contribution in [1.82, 2.24) is 9.88 Å². The summed E-state index contributed by atoms with van der Waals surface area (Å²) in [6.45, 7) is 0.794. The SMILES string of the molecule is O=CN1CCC[C@H]1c1nc(-c2ccc(F)c3ccccc23)cs1. The summed E-state index contributed by atoms with van der Waals surface area (Å²) in [5.41, 5.74) is 1.78. The largest absolute Gasteiger partial charge is 0.336 e. The summed E-state index contributed by atoms with van der Waals surface area (Å²) in [6.07, 6.45) is 2.87. The molecule has 3 aromatic rings. The number of carbonyl (C=O) groups is 1. The lowest BCUT2D eigenvalue weighted by atomic mass is 10.0. The molecule has 3 nitrogen and oxygen atoms in total. The molecule has 0 aliphatic carbocycles. The Morgan fingerprint density at radius 1 is 1.22 bits per heavy atom. The molecule has 0 unspecified atom stereocenters. The van der Waals surface area contributed by atoms with E-state index in [4.69, 9.17) is 4.98 Å². The van der Waals surface area contributed by atoms with E-state index >= 15 is 0 Å². The highest BCUT2D eigenvalue weighted by atomic mass is 32.1. The normalized spacial score (nSPS) is 17.8. The highest BCUT2D eigenvalue weighted by molar-refractivity contribution is 7.10. The van der Waals surface area contributed by atoms with Crippen LogP contribution in [-0.2, 0) is 4.79 Å². The molecule has 1 aliphatic rings. The first-order valence-electron chi connectivity index (χ1n) is 7.62. The molecule has 0 saturated carbocycles. The fraction of sp³-hybridized carbons (Fsp3) is 0.222. The summed E-state index contributed by atoms with van der Waals surface area (Å²) in [4.78, 5) is 17.7. The van der Waals surface area contributed by atoms with Crippen molar-refractivity contribution in [3.8, 4) is 11.3 Å². The van der Waals surface area contributed by atoms with Gasteiger partial charge in [-0.3, -0.25) is 4.79 Å². The molecule has 0 bridgehead atoms. The Kier molecular flexibility index (Phi) is 3.58. The van der Waals surface area contributed by atoms with Gasteiger partial charge >= 0.3 is 0 Å². The molecule has 116 valence electrons. The molecule has 23 heavy (non-hydrogen) atoms. The predicted octanol–water partition coefficient (Wildman–Crippen LogP) is 4.40. The molecule has 1 aliphatic heterocycles. The van der Waals surface area contributed by atoms with E-state index in [0.29, 0.717) is 5.39 Å². The van der Waals surface area contributed by atoms with E-state index in [-0.39, 0.29) is 11.9 Å². The van der Waals surface area contributed by atoms with Crippen molar-refractivity contribution >= 4 is 28.5 Å². The van der Waals surface area contributed by atoms with Crippen molar-refractivity contribution in [3.05, 3.63) is 52.6 Å². The number of hydrogen-bond donors (Lipinski definition) is 0. The summed E-state index contributed by atoms with van der Waals surface area (Å²) >= 11 is 1.57. The molecule has 0 N–H and O–H groups in total. The first kappa shape index (κ1) is 14.3. The smallest absolute Gasteiger partial charge is 0.210 e. The molecule has 2 aromatic carbocycles. The summed E-state index contributed by atoms with van der Waals surface area (Å²) in [6, 6.07) is 10.8. The maximum atomic E-state index is 14.0. The molecule has 5 heteroatoms. The van der Waals surface area contributed by atoms with Crippen LogP contribution in [0.4, 0.5) is 4.39 Å². The van der Waals surface area contributed by atoms with Crippen LogP contribution >= 0.6 is 11.3 Å². The lowest BCUT2D eigenvalue weighted by Gasteiger charge is -2.17. The van der Waals surface area contributed by atoms with Crippen LogP contribution in [0.3, 0.4) is 0 Å². The number of carbonyl (C=O) groups excluding carboxylic acids is 1. The highest BCUT2D eigenvalue weighted by Gasteiger charge is 2.27. The maximum absolute atomic E-state index is 14.0. The van der Waals surface area contributed by atoms with Gasteiger partial charge in [0.2, 0.25) is 6.41 Å². The van der Waals surface area contributed by atoms with Crippen molar-refractivity contribution in [2.24, 2.45) is 0 Å². The summed E-state index contributed by atoms with van der Waals surface area (Å²) in [7, 11) is 0. The van der Waals surface area contributed by atoms with Crippen LogP contribution in [0.15, 0.2) is 41.8 Å². The number of thiazole rings is 1. The van der Waals surface area contributed by atoms with Gasteiger partial charge in [-0.15, -0.1) is 11.3 Å². The van der Waals surface area contributed by atoms with Gasteiger partial charge in [0.05, 0.1) is 11.7 Å². The van der Waals surface area contributed by atoms with Crippen molar-refractivity contribution < 1.29 is 9.18 Å². The fourth-order valence-electron chi connectivity index (χ4n) is 3.23. The Labute approximate surface area is 137 Å². The lowest BCUT2D eigenvalue weighted by molar-refractivity contribution is -0.118. The molecule has 1 saturated heterocycles. The quantitative estimate of drug-likeness (QED) is 0.669. The molecule has 0 radical (unpaired) electrons. The van der Waals surface area contributed by atoms with Crippen LogP contribution < -0.4 is 0 Å². The zero-order valence-electron chi connectivity index (χ0n) is 12.4. The summed E-state index contributed by atoms with van der Waals surface area (Å²) in [5.74, 6) is -0.220. The van der Waals surface area contributed by atoms with E-state index in [0.717, 1.165) is 47.4 Å². The Morgan fingerprint density at radius 3 is 2.87 bits per heavy atom. The lowest BCUT2D eigenvalue weighted by Crippen LogP contribution is -2.20. The van der Waals surface area contributed by atoms with E-state index < -0.39 is 0 Å². The second-order valence-corrected chi connectivity index (χ2v) is 6.60. The van der Waals surface area contributed by atoms with Crippen LogP contribution in [-0.4, -0.2) is 22.8 Å². The fourth-order valence-corrected chi connectivity index (χ4v) is 4.20. The number of likely N-dealkylation sites (tertiary alicyclic amines) is 1. The molecule has 0 spiro atoms. The van der Waals surface area contributed by atoms with Gasteiger partial charge in [0.1, 0.15) is 10.8 Å². The zero-order valence-corrected chi connectivity index (χ0v) is 13.2. The van der Waals surface area contributed by atoms with Gasteiger partial charge in [0, 0.05) is 22.9 Å². The topological polar surface area (TPSA) is 33.2 Å². The molecule has 1 aromatic heterocycles. The Morgan fingerprint density at radius 2 is 2.04 bits per heavy atom. The number of fused-ring (bicyclic) bond motifs is 1. The minimum atomic E-state index is -0.220. The zero-order chi connectivity index (χ0) is 15.8. The first-order chi connectivity index (χ1) is 11.3. The Bertz CT molecular complexity index is 876. The Hall–Kier alpha value is -2.27. The van der Waals surface area contributed by atoms with Gasteiger partial charge in [0.15, 0.2) is 0 Å². The van der Waals surface area contributed by atoms with Crippen molar-refractivity contribution in [2.75, 3.05) is 6.54 Å². The number of benzene rings is 2. The van der Waals surface area contributed by atoms with Gasteiger partial charge < -0.3 is 4.90 Å². The van der Waals surface area contributed by atoms with Gasteiger partial charge in [-0.05, 0) is 30.4 Å². The third kappa shape index (κ3) is 2.41. The minimum Gasteiger partial charge on any atom is -0.336 e. The number of aromatic nitrogens is 1. The van der Waals surface area contributed by atoms with Crippen molar-refractivity contribution in [2.45, 2.75) is 18.9 Å². The molecular formula is C18H15FN2OS. The standard InChI is InChI=1S/C18H15FN2OS/c19-15-8-7-14(12-4-1-2-5-13(12)15)16-10-23-18(20-16)17-6-3-9-21(17)11-22/h1-2,4-5,7-8,10-11,17H,3,6,9H2/t17-/m0/s1. The average molecular weight is 326 g/mol. The van der Waals surface area contributed by atoms with Crippen LogP contribution in [0, 0.1) is 5.82 Å². The molecular weight excluding hydrogens is 311 g/mol. The van der Waals surface area contributed by atoms with Crippen molar-refractivity contribution in [3.63, 3.8) is 0 Å². The number of hydrogen-bond acceptors (Lipinski definition) is 3. The molecule has 4 rings (SSSR count). The van der Waals surface area contributed by atoms with Gasteiger partial charge in [0.25, 0.3) is 0 Å². The predicted molar refractivity (Wildman–Crippen MR) is 89.8 cm³/mol. The van der Waals surface area contributed by atoms with Crippen LogP contribution in [0.25, 0.3) is 22.0 Å². The van der Waals surface area contributed by atoms with Gasteiger partial charge in [-0.25, -0.2) is 9.37 Å². The monoisotopic (exact) mass is 326 g/mol. The van der Waals surface area contributed by atoms with Gasteiger partial charge in [-0.1, -0.05) is 24.3 Å². The summed E-state index contributed by atoms with van der Waals surface area (Å²) < 4.78 is 14.0. The third-order valence-electron chi connectivity index (χ3n) is 4.38.